The van der Waals surface area contributed by atoms with Gasteiger partial charge in [0.25, 0.3) is 5.91 Å². The van der Waals surface area contributed by atoms with Gasteiger partial charge in [0.15, 0.2) is 0 Å². The van der Waals surface area contributed by atoms with Gasteiger partial charge in [-0.3, -0.25) is 14.5 Å². The molecule has 2 rings (SSSR count). The van der Waals surface area contributed by atoms with Gasteiger partial charge < -0.3 is 0 Å². The molecule has 1 aromatic carbocycles. The molecule has 0 saturated carbocycles. The number of benzene rings is 1. The van der Waals surface area contributed by atoms with Gasteiger partial charge in [-0.1, -0.05) is 25.5 Å². The van der Waals surface area contributed by atoms with Gasteiger partial charge in [0, 0.05) is 12.1 Å². The van der Waals surface area contributed by atoms with Gasteiger partial charge in [-0.05, 0) is 64.7 Å². The molecule has 1 aromatic rings. The van der Waals surface area contributed by atoms with Crippen LogP contribution in [-0.2, 0) is 15.6 Å². The summed E-state index contributed by atoms with van der Waals surface area (Å²) in [4.78, 5) is 27.9. The summed E-state index contributed by atoms with van der Waals surface area (Å²) in [6, 6.07) is 9.92. The Balaban J connectivity index is 2.70. The molecular formula is C23H29N3O2. The molecular weight excluding hydrogens is 350 g/mol. The topological polar surface area (TPSA) is 85.0 Å². The minimum atomic E-state index is -0.967. The molecule has 0 aromatic heterocycles. The van der Waals surface area contributed by atoms with Crippen LogP contribution in [0.4, 0.5) is 0 Å². The quantitative estimate of drug-likeness (QED) is 0.683. The zero-order chi connectivity index (χ0) is 21.3. The second kappa shape index (κ2) is 7.40. The van der Waals surface area contributed by atoms with E-state index in [4.69, 9.17) is 0 Å². The van der Waals surface area contributed by atoms with Crippen LogP contribution < -0.4 is 0 Å². The van der Waals surface area contributed by atoms with E-state index in [2.05, 4.69) is 12.1 Å². The predicted octanol–water partition coefficient (Wildman–Crippen LogP) is 4.47. The SMILES string of the molecule is CCCCN1C(=O)c2cc(C(C)(C)C#N)ccc2C(C)(CC(C)(C)C#N)C1=O. The first-order valence-corrected chi connectivity index (χ1v) is 9.77. The van der Waals surface area contributed by atoms with Gasteiger partial charge in [0.05, 0.1) is 28.4 Å². The lowest BCUT2D eigenvalue weighted by atomic mass is 9.66. The molecule has 5 nitrogen and oxygen atoms in total. The van der Waals surface area contributed by atoms with Gasteiger partial charge in [-0.15, -0.1) is 0 Å². The van der Waals surface area contributed by atoms with E-state index in [-0.39, 0.29) is 11.8 Å². The molecule has 1 atom stereocenters. The minimum Gasteiger partial charge on any atom is -0.278 e. The second-order valence-electron chi connectivity index (χ2n) is 9.12. The molecule has 28 heavy (non-hydrogen) atoms. The average Bonchev–Trinajstić information content (AvgIpc) is 2.66. The third kappa shape index (κ3) is 3.67. The Kier molecular flexibility index (Phi) is 5.72. The van der Waals surface area contributed by atoms with Crippen LogP contribution in [0, 0.1) is 28.1 Å². The maximum Gasteiger partial charge on any atom is 0.260 e. The summed E-state index contributed by atoms with van der Waals surface area (Å²) in [5.41, 5.74) is -0.570. The van der Waals surface area contributed by atoms with Crippen molar-refractivity contribution in [3.63, 3.8) is 0 Å². The fourth-order valence-electron chi connectivity index (χ4n) is 3.92. The number of hydrogen-bond donors (Lipinski definition) is 0. The number of fused-ring (bicyclic) bond motifs is 1. The van der Waals surface area contributed by atoms with E-state index in [1.54, 1.807) is 26.0 Å². The lowest BCUT2D eigenvalue weighted by Gasteiger charge is -2.42. The Morgan fingerprint density at radius 2 is 1.75 bits per heavy atom. The summed E-state index contributed by atoms with van der Waals surface area (Å²) in [5.74, 6) is -0.551. The van der Waals surface area contributed by atoms with Crippen molar-refractivity contribution in [3.8, 4) is 12.1 Å². The van der Waals surface area contributed by atoms with E-state index in [0.717, 1.165) is 18.4 Å². The lowest BCUT2D eigenvalue weighted by molar-refractivity contribution is -0.136. The van der Waals surface area contributed by atoms with Crippen molar-refractivity contribution in [2.45, 2.75) is 71.6 Å². The maximum absolute atomic E-state index is 13.4. The molecule has 0 spiro atoms. The number of unbranched alkanes of at least 4 members (excludes halogenated alkanes) is 1. The molecule has 0 saturated heterocycles. The van der Waals surface area contributed by atoms with Crippen LogP contribution in [0.2, 0.25) is 0 Å². The van der Waals surface area contributed by atoms with E-state index in [0.29, 0.717) is 24.1 Å². The highest BCUT2D eigenvalue weighted by Crippen LogP contribution is 2.43. The van der Waals surface area contributed by atoms with Crippen molar-refractivity contribution in [1.29, 1.82) is 10.5 Å². The zero-order valence-corrected chi connectivity index (χ0v) is 17.7. The molecule has 0 N–H and O–H groups in total. The molecule has 0 bridgehead atoms. The van der Waals surface area contributed by atoms with Crippen LogP contribution in [0.15, 0.2) is 18.2 Å². The summed E-state index contributed by atoms with van der Waals surface area (Å²) in [5, 5.41) is 19.0. The number of amides is 2. The number of nitrogens with zero attached hydrogens (tertiary/aromatic N) is 3. The zero-order valence-electron chi connectivity index (χ0n) is 17.7. The fourth-order valence-corrected chi connectivity index (χ4v) is 3.92. The van der Waals surface area contributed by atoms with E-state index < -0.39 is 16.2 Å². The van der Waals surface area contributed by atoms with Crippen LogP contribution in [0.5, 0.6) is 0 Å². The molecule has 0 aliphatic carbocycles. The average molecular weight is 380 g/mol. The Morgan fingerprint density at radius 3 is 2.29 bits per heavy atom. The first kappa shape index (κ1) is 21.6. The number of hydrogen-bond acceptors (Lipinski definition) is 4. The summed E-state index contributed by atoms with van der Waals surface area (Å²) in [6.45, 7) is 11.4. The molecule has 1 heterocycles. The van der Waals surface area contributed by atoms with Crippen molar-refractivity contribution in [3.05, 3.63) is 34.9 Å². The van der Waals surface area contributed by atoms with Gasteiger partial charge in [-0.25, -0.2) is 0 Å². The van der Waals surface area contributed by atoms with Crippen LogP contribution in [-0.4, -0.2) is 23.3 Å². The first-order valence-electron chi connectivity index (χ1n) is 9.77. The highest BCUT2D eigenvalue weighted by molar-refractivity contribution is 6.13. The number of imide groups is 1. The summed E-state index contributed by atoms with van der Waals surface area (Å²) in [7, 11) is 0. The maximum atomic E-state index is 13.4. The Morgan fingerprint density at radius 1 is 1.11 bits per heavy atom. The van der Waals surface area contributed by atoms with Crippen LogP contribution >= 0.6 is 0 Å². The second-order valence-corrected chi connectivity index (χ2v) is 9.12. The van der Waals surface area contributed by atoms with Gasteiger partial charge in [-0.2, -0.15) is 10.5 Å². The normalized spacial score (nSPS) is 19.8. The molecule has 1 aliphatic rings. The molecule has 1 aliphatic heterocycles. The van der Waals surface area contributed by atoms with Crippen molar-refractivity contribution < 1.29 is 9.59 Å². The number of nitriles is 2. The standard InChI is InChI=1S/C23H29N3O2/c1-7-8-11-26-19(27)17-12-16(22(4,5)15-25)9-10-18(17)23(6,20(26)28)13-21(2,3)14-24/h9-10,12H,7-8,11,13H2,1-6H3. The highest BCUT2D eigenvalue weighted by Gasteiger charge is 2.50. The number of carbonyl (C=O) groups excluding carboxylic acids is 2. The summed E-state index contributed by atoms with van der Waals surface area (Å²) >= 11 is 0. The highest BCUT2D eigenvalue weighted by atomic mass is 16.2. The largest absolute Gasteiger partial charge is 0.278 e. The molecule has 0 radical (unpaired) electrons. The van der Waals surface area contributed by atoms with E-state index in [1.165, 1.54) is 4.90 Å². The fraction of sp³-hybridized carbons (Fsp3) is 0.565. The Bertz CT molecular complexity index is 886. The molecule has 2 amide bonds. The molecule has 1 unspecified atom stereocenters. The van der Waals surface area contributed by atoms with Crippen molar-refractivity contribution in [2.24, 2.45) is 5.41 Å². The van der Waals surface area contributed by atoms with Gasteiger partial charge >= 0.3 is 0 Å². The van der Waals surface area contributed by atoms with E-state index >= 15 is 0 Å². The molecule has 5 heteroatoms. The number of rotatable bonds is 6. The molecule has 148 valence electrons. The Hall–Kier alpha value is -2.66. The minimum absolute atomic E-state index is 0.242. The van der Waals surface area contributed by atoms with Crippen LogP contribution in [0.3, 0.4) is 0 Å². The third-order valence-electron chi connectivity index (χ3n) is 5.64. The van der Waals surface area contributed by atoms with E-state index in [9.17, 15) is 20.1 Å². The van der Waals surface area contributed by atoms with E-state index in [1.807, 2.05) is 33.8 Å². The Labute approximate surface area is 167 Å². The lowest BCUT2D eigenvalue weighted by Crippen LogP contribution is -2.54. The van der Waals surface area contributed by atoms with Gasteiger partial charge in [0.1, 0.15) is 0 Å². The van der Waals surface area contributed by atoms with Crippen molar-refractivity contribution in [2.75, 3.05) is 6.54 Å². The smallest absolute Gasteiger partial charge is 0.260 e. The van der Waals surface area contributed by atoms with Crippen molar-refractivity contribution >= 4 is 11.8 Å². The van der Waals surface area contributed by atoms with Gasteiger partial charge in [0.2, 0.25) is 5.91 Å². The summed E-state index contributed by atoms with van der Waals surface area (Å²) in [6.07, 6.45) is 1.92. The third-order valence-corrected chi connectivity index (χ3v) is 5.64. The number of carbonyl (C=O) groups is 2. The monoisotopic (exact) mass is 379 g/mol. The van der Waals surface area contributed by atoms with Crippen molar-refractivity contribution in [1.82, 2.24) is 4.90 Å². The summed E-state index contributed by atoms with van der Waals surface area (Å²) < 4.78 is 0. The van der Waals surface area contributed by atoms with Crippen LogP contribution in [0.25, 0.3) is 0 Å². The molecule has 0 fully saturated rings. The van der Waals surface area contributed by atoms with Crippen LogP contribution in [0.1, 0.15) is 82.3 Å². The predicted molar refractivity (Wildman–Crippen MR) is 107 cm³/mol. The first-order chi connectivity index (χ1) is 12.9.